The lowest BCUT2D eigenvalue weighted by molar-refractivity contribution is -0.140. The first-order valence-corrected chi connectivity index (χ1v) is 10.7. The maximum atomic E-state index is 13.4. The molecule has 0 spiro atoms. The lowest BCUT2D eigenvalue weighted by Gasteiger charge is -2.19. The summed E-state index contributed by atoms with van der Waals surface area (Å²) in [6.07, 6.45) is 3.26. The molecule has 0 aliphatic carbocycles. The number of ether oxygens (including phenoxy) is 2. The molecule has 3 rings (SSSR count). The van der Waals surface area contributed by atoms with Crippen molar-refractivity contribution in [3.05, 3.63) is 75.9 Å². The number of carbonyl (C=O) groups excluding carboxylic acids is 2. The highest BCUT2D eigenvalue weighted by atomic mass is 79.9. The first-order valence-electron chi connectivity index (χ1n) is 9.09. The highest BCUT2D eigenvalue weighted by Crippen LogP contribution is 2.32. The largest absolute Gasteiger partial charge is 0.489 e. The van der Waals surface area contributed by atoms with Crippen LogP contribution in [0.25, 0.3) is 6.08 Å². The van der Waals surface area contributed by atoms with Crippen LogP contribution in [0.3, 0.4) is 0 Å². The molecule has 1 fully saturated rings. The second-order valence-corrected chi connectivity index (χ2v) is 8.09. The van der Waals surface area contributed by atoms with Gasteiger partial charge in [0.2, 0.25) is 0 Å². The van der Waals surface area contributed by atoms with Crippen LogP contribution < -0.4 is 9.64 Å². The average molecular weight is 522 g/mol. The minimum atomic E-state index is -0.531. The van der Waals surface area contributed by atoms with Gasteiger partial charge in [-0.3, -0.25) is 14.5 Å². The van der Waals surface area contributed by atoms with E-state index in [1.807, 2.05) is 12.1 Å². The van der Waals surface area contributed by atoms with Crippen LogP contribution in [0.5, 0.6) is 5.75 Å². The van der Waals surface area contributed by atoms with Crippen molar-refractivity contribution in [2.75, 3.05) is 25.2 Å². The Morgan fingerprint density at radius 3 is 2.61 bits per heavy atom. The maximum Gasteiger partial charge on any atom is 0.325 e. The molecule has 0 radical (unpaired) electrons. The Hall–Kier alpha value is -2.68. The summed E-state index contributed by atoms with van der Waals surface area (Å²) in [4.78, 5) is 28.2. The number of carbonyl (C=O) groups is 2. The number of halogens is 2. The van der Waals surface area contributed by atoms with E-state index >= 15 is 0 Å². The number of rotatable bonds is 7. The number of benzene rings is 2. The number of esters is 1. The first kappa shape index (κ1) is 23.0. The van der Waals surface area contributed by atoms with E-state index in [-0.39, 0.29) is 23.3 Å². The summed E-state index contributed by atoms with van der Waals surface area (Å²) in [6.45, 7) is 3.74. The minimum absolute atomic E-state index is 0.160. The van der Waals surface area contributed by atoms with Crippen LogP contribution in [-0.2, 0) is 14.3 Å². The first-order chi connectivity index (χ1) is 14.8. The van der Waals surface area contributed by atoms with Crippen molar-refractivity contribution in [2.24, 2.45) is 0 Å². The lowest BCUT2D eigenvalue weighted by Crippen LogP contribution is -2.35. The standard InChI is InChI=1S/C22H18BrClN2O4S/c1-3-10-30-19-9-4-15(23)11-14(19)12-18-21(28)26(17-7-5-16(24)6-8-17)22(31)25(18)13-20(27)29-2/h3-9,11-12H,1,10,13H2,2H3/b18-12-. The molecular weight excluding hydrogens is 504 g/mol. The number of anilines is 1. The molecule has 0 bridgehead atoms. The van der Waals surface area contributed by atoms with Crippen LogP contribution in [-0.4, -0.2) is 42.2 Å². The number of methoxy groups -OCH3 is 1. The summed E-state index contributed by atoms with van der Waals surface area (Å²) in [5.41, 5.74) is 1.39. The predicted octanol–water partition coefficient (Wildman–Crippen LogP) is 4.81. The number of hydrogen-bond donors (Lipinski definition) is 0. The molecular formula is C22H18BrClN2O4S. The second kappa shape index (κ2) is 10.1. The van der Waals surface area contributed by atoms with Gasteiger partial charge in [-0.1, -0.05) is 40.2 Å². The number of hydrogen-bond acceptors (Lipinski definition) is 5. The van der Waals surface area contributed by atoms with E-state index in [2.05, 4.69) is 22.5 Å². The third-order valence-electron chi connectivity index (χ3n) is 4.36. The second-order valence-electron chi connectivity index (χ2n) is 6.37. The van der Waals surface area contributed by atoms with E-state index in [0.29, 0.717) is 28.6 Å². The lowest BCUT2D eigenvalue weighted by atomic mass is 10.1. The van der Waals surface area contributed by atoms with Gasteiger partial charge in [0.05, 0.1) is 12.8 Å². The molecule has 0 N–H and O–H groups in total. The van der Waals surface area contributed by atoms with Crippen molar-refractivity contribution in [3.63, 3.8) is 0 Å². The van der Waals surface area contributed by atoms with E-state index in [1.54, 1.807) is 42.5 Å². The normalized spacial score (nSPS) is 14.9. The van der Waals surface area contributed by atoms with Crippen molar-refractivity contribution in [2.45, 2.75) is 0 Å². The van der Waals surface area contributed by atoms with Gasteiger partial charge < -0.3 is 14.4 Å². The number of amides is 1. The third kappa shape index (κ3) is 5.15. The van der Waals surface area contributed by atoms with E-state index in [9.17, 15) is 9.59 Å². The van der Waals surface area contributed by atoms with Crippen LogP contribution in [0.4, 0.5) is 5.69 Å². The molecule has 1 heterocycles. The summed E-state index contributed by atoms with van der Waals surface area (Å²) in [7, 11) is 1.28. The topological polar surface area (TPSA) is 59.1 Å². The van der Waals surface area contributed by atoms with Crippen molar-refractivity contribution < 1.29 is 19.1 Å². The Kier molecular flexibility index (Phi) is 7.48. The maximum absolute atomic E-state index is 13.4. The van der Waals surface area contributed by atoms with Gasteiger partial charge in [0.1, 0.15) is 24.6 Å². The summed E-state index contributed by atoms with van der Waals surface area (Å²) >= 11 is 14.9. The summed E-state index contributed by atoms with van der Waals surface area (Å²) in [6, 6.07) is 12.1. The summed E-state index contributed by atoms with van der Waals surface area (Å²) < 4.78 is 11.3. The van der Waals surface area contributed by atoms with Gasteiger partial charge in [0.25, 0.3) is 5.91 Å². The fourth-order valence-electron chi connectivity index (χ4n) is 2.90. The number of thiocarbonyl (C=S) groups is 1. The van der Waals surface area contributed by atoms with Crippen molar-refractivity contribution >= 4 is 68.5 Å². The summed E-state index contributed by atoms with van der Waals surface area (Å²) in [5, 5.41) is 0.689. The van der Waals surface area contributed by atoms with E-state index in [0.717, 1.165) is 4.47 Å². The highest BCUT2D eigenvalue weighted by molar-refractivity contribution is 9.10. The third-order valence-corrected chi connectivity index (χ3v) is 5.50. The zero-order chi connectivity index (χ0) is 22.5. The molecule has 1 amide bonds. The smallest absolute Gasteiger partial charge is 0.325 e. The molecule has 0 aromatic heterocycles. The van der Waals surface area contributed by atoms with Gasteiger partial charge in [-0.15, -0.1) is 0 Å². The molecule has 1 saturated heterocycles. The van der Waals surface area contributed by atoms with E-state index in [4.69, 9.17) is 33.3 Å². The van der Waals surface area contributed by atoms with Gasteiger partial charge in [0.15, 0.2) is 5.11 Å². The van der Waals surface area contributed by atoms with Gasteiger partial charge in [-0.05, 0) is 60.8 Å². The average Bonchev–Trinajstić information content (AvgIpc) is 2.98. The molecule has 2 aromatic carbocycles. The molecule has 1 aliphatic heterocycles. The van der Waals surface area contributed by atoms with Crippen molar-refractivity contribution in [1.82, 2.24) is 4.90 Å². The predicted molar refractivity (Wildman–Crippen MR) is 128 cm³/mol. The van der Waals surface area contributed by atoms with Gasteiger partial charge in [-0.25, -0.2) is 0 Å². The fraction of sp³-hybridized carbons (Fsp3) is 0.136. The highest BCUT2D eigenvalue weighted by Gasteiger charge is 2.40. The fourth-order valence-corrected chi connectivity index (χ4v) is 3.76. The van der Waals surface area contributed by atoms with Crippen LogP contribution in [0.1, 0.15) is 5.56 Å². The zero-order valence-electron chi connectivity index (χ0n) is 16.5. The Morgan fingerprint density at radius 2 is 1.97 bits per heavy atom. The zero-order valence-corrected chi connectivity index (χ0v) is 19.7. The van der Waals surface area contributed by atoms with Crippen LogP contribution in [0, 0.1) is 0 Å². The molecule has 6 nitrogen and oxygen atoms in total. The summed E-state index contributed by atoms with van der Waals surface area (Å²) in [5.74, 6) is -0.362. The Balaban J connectivity index is 2.09. The van der Waals surface area contributed by atoms with Crippen molar-refractivity contribution in [3.8, 4) is 5.75 Å². The van der Waals surface area contributed by atoms with Crippen LogP contribution >= 0.6 is 39.7 Å². The van der Waals surface area contributed by atoms with Crippen molar-refractivity contribution in [1.29, 1.82) is 0 Å². The quantitative estimate of drug-likeness (QED) is 0.225. The van der Waals surface area contributed by atoms with Crippen LogP contribution in [0.2, 0.25) is 5.02 Å². The van der Waals surface area contributed by atoms with Gasteiger partial charge >= 0.3 is 5.97 Å². The Bertz CT molecular complexity index is 1070. The molecule has 1 aliphatic rings. The Labute approximate surface area is 198 Å². The van der Waals surface area contributed by atoms with E-state index in [1.165, 1.54) is 16.9 Å². The van der Waals surface area contributed by atoms with Gasteiger partial charge in [-0.2, -0.15) is 0 Å². The Morgan fingerprint density at radius 1 is 1.26 bits per heavy atom. The molecule has 0 unspecified atom stereocenters. The molecule has 0 saturated carbocycles. The monoisotopic (exact) mass is 520 g/mol. The molecule has 0 atom stereocenters. The molecule has 160 valence electrons. The van der Waals surface area contributed by atoms with E-state index < -0.39 is 5.97 Å². The SMILES string of the molecule is C=CCOc1ccc(Br)cc1/C=C1/C(=O)N(c2ccc(Cl)cc2)C(=S)N1CC(=O)OC. The number of nitrogens with zero attached hydrogens (tertiary/aromatic N) is 2. The minimum Gasteiger partial charge on any atom is -0.489 e. The molecule has 31 heavy (non-hydrogen) atoms. The van der Waals surface area contributed by atoms with Crippen LogP contribution in [0.15, 0.2) is 65.3 Å². The molecule has 2 aromatic rings. The molecule has 9 heteroatoms. The van der Waals surface area contributed by atoms with Gasteiger partial charge in [0, 0.05) is 15.1 Å².